The van der Waals surface area contributed by atoms with E-state index in [4.69, 9.17) is 9.47 Å². The van der Waals surface area contributed by atoms with Crippen molar-refractivity contribution in [1.29, 1.82) is 0 Å². The lowest BCUT2D eigenvalue weighted by molar-refractivity contribution is -0.150. The molecule has 1 heterocycles. The lowest BCUT2D eigenvalue weighted by Gasteiger charge is -2.24. The third-order valence-electron chi connectivity index (χ3n) is 3.79. The normalized spacial score (nSPS) is 21.1. The Morgan fingerprint density at radius 2 is 1.83 bits per heavy atom. The van der Waals surface area contributed by atoms with Crippen LogP contribution in [0.2, 0.25) is 0 Å². The molecule has 0 spiro atoms. The summed E-state index contributed by atoms with van der Waals surface area (Å²) in [4.78, 5) is 26.0. The van der Waals surface area contributed by atoms with Crippen LogP contribution < -0.4 is 0 Å². The fraction of sp³-hybridized carbons (Fsp3) is 0.556. The number of ether oxygens (including phenoxy) is 2. The summed E-state index contributed by atoms with van der Waals surface area (Å²) in [7, 11) is 0. The van der Waals surface area contributed by atoms with Crippen molar-refractivity contribution >= 4 is 12.1 Å². The highest BCUT2D eigenvalue weighted by molar-refractivity contribution is 5.76. The van der Waals surface area contributed by atoms with Gasteiger partial charge in [0.1, 0.15) is 12.2 Å². The first-order valence-electron chi connectivity index (χ1n) is 7.95. The molecule has 2 atom stereocenters. The maximum atomic E-state index is 12.3. The SMILES string of the molecule is C[C@H]1CN(C(=O)OC(C)(C)C)C[C@@H]1C(=O)OCc1ccccc1. The van der Waals surface area contributed by atoms with Crippen LogP contribution in [0.25, 0.3) is 0 Å². The minimum atomic E-state index is -0.535. The molecule has 23 heavy (non-hydrogen) atoms. The lowest BCUT2D eigenvalue weighted by Crippen LogP contribution is -2.36. The number of amides is 1. The zero-order chi connectivity index (χ0) is 17.0. The monoisotopic (exact) mass is 319 g/mol. The molecule has 5 nitrogen and oxygen atoms in total. The summed E-state index contributed by atoms with van der Waals surface area (Å²) < 4.78 is 10.8. The van der Waals surface area contributed by atoms with Crippen molar-refractivity contribution in [3.8, 4) is 0 Å². The number of rotatable bonds is 3. The van der Waals surface area contributed by atoms with Crippen molar-refractivity contribution in [2.75, 3.05) is 13.1 Å². The molecular weight excluding hydrogens is 294 g/mol. The zero-order valence-corrected chi connectivity index (χ0v) is 14.2. The molecule has 0 N–H and O–H groups in total. The maximum absolute atomic E-state index is 12.3. The second kappa shape index (κ2) is 7.02. The highest BCUT2D eigenvalue weighted by atomic mass is 16.6. The van der Waals surface area contributed by atoms with Gasteiger partial charge in [-0.05, 0) is 32.3 Å². The molecule has 1 aromatic rings. The Hall–Kier alpha value is -2.04. The summed E-state index contributed by atoms with van der Waals surface area (Å²) in [6, 6.07) is 9.57. The first-order valence-corrected chi connectivity index (χ1v) is 7.95. The Bertz CT molecular complexity index is 550. The van der Waals surface area contributed by atoms with Gasteiger partial charge in [-0.1, -0.05) is 37.3 Å². The van der Waals surface area contributed by atoms with Gasteiger partial charge in [-0.2, -0.15) is 0 Å². The number of carbonyl (C=O) groups is 2. The second-order valence-corrected chi connectivity index (χ2v) is 7.06. The Morgan fingerprint density at radius 1 is 1.17 bits per heavy atom. The van der Waals surface area contributed by atoms with Crippen molar-refractivity contribution in [3.05, 3.63) is 35.9 Å². The molecule has 2 rings (SSSR count). The molecule has 0 bridgehead atoms. The molecular formula is C18H25NO4. The van der Waals surface area contributed by atoms with Gasteiger partial charge in [0.15, 0.2) is 0 Å². The summed E-state index contributed by atoms with van der Waals surface area (Å²) in [5, 5.41) is 0. The number of esters is 1. The highest BCUT2D eigenvalue weighted by Gasteiger charge is 2.39. The van der Waals surface area contributed by atoms with Crippen molar-refractivity contribution in [1.82, 2.24) is 4.90 Å². The average molecular weight is 319 g/mol. The Labute approximate surface area is 137 Å². The van der Waals surface area contributed by atoms with E-state index in [2.05, 4.69) is 0 Å². The van der Waals surface area contributed by atoms with E-state index in [1.54, 1.807) is 4.90 Å². The van der Waals surface area contributed by atoms with Crippen molar-refractivity contribution in [3.63, 3.8) is 0 Å². The molecule has 1 aliphatic heterocycles. The first-order chi connectivity index (χ1) is 10.8. The van der Waals surface area contributed by atoms with E-state index in [0.29, 0.717) is 13.1 Å². The minimum Gasteiger partial charge on any atom is -0.461 e. The number of hydrogen-bond acceptors (Lipinski definition) is 4. The number of benzene rings is 1. The molecule has 1 fully saturated rings. The third kappa shape index (κ3) is 4.98. The van der Waals surface area contributed by atoms with Gasteiger partial charge in [0, 0.05) is 13.1 Å². The molecule has 1 saturated heterocycles. The maximum Gasteiger partial charge on any atom is 0.410 e. The highest BCUT2D eigenvalue weighted by Crippen LogP contribution is 2.26. The lowest BCUT2D eigenvalue weighted by atomic mass is 9.99. The average Bonchev–Trinajstić information content (AvgIpc) is 2.86. The summed E-state index contributed by atoms with van der Waals surface area (Å²) >= 11 is 0. The van der Waals surface area contributed by atoms with Crippen LogP contribution in [-0.2, 0) is 20.9 Å². The summed E-state index contributed by atoms with van der Waals surface area (Å²) in [5.41, 5.74) is 0.419. The van der Waals surface area contributed by atoms with Crippen LogP contribution in [0.4, 0.5) is 4.79 Å². The van der Waals surface area contributed by atoms with Crippen LogP contribution in [0.15, 0.2) is 30.3 Å². The van der Waals surface area contributed by atoms with Crippen molar-refractivity contribution in [2.45, 2.75) is 39.9 Å². The largest absolute Gasteiger partial charge is 0.461 e. The van der Waals surface area contributed by atoms with Crippen molar-refractivity contribution in [2.24, 2.45) is 11.8 Å². The predicted octanol–water partition coefficient (Wildman–Crippen LogP) is 3.23. The Morgan fingerprint density at radius 3 is 2.43 bits per heavy atom. The quantitative estimate of drug-likeness (QED) is 0.803. The van der Waals surface area contributed by atoms with Crippen LogP contribution in [-0.4, -0.2) is 35.7 Å². The topological polar surface area (TPSA) is 55.8 Å². The van der Waals surface area contributed by atoms with E-state index in [9.17, 15) is 9.59 Å². The van der Waals surface area contributed by atoms with Gasteiger partial charge in [0.2, 0.25) is 0 Å². The number of likely N-dealkylation sites (tertiary alicyclic amines) is 1. The minimum absolute atomic E-state index is 0.0609. The second-order valence-electron chi connectivity index (χ2n) is 7.06. The molecule has 5 heteroatoms. The molecule has 126 valence electrons. The first kappa shape index (κ1) is 17.3. The van der Waals surface area contributed by atoms with Gasteiger partial charge in [0.25, 0.3) is 0 Å². The number of nitrogens with zero attached hydrogens (tertiary/aromatic N) is 1. The van der Waals surface area contributed by atoms with Gasteiger partial charge in [-0.15, -0.1) is 0 Å². The summed E-state index contributed by atoms with van der Waals surface area (Å²) in [5.74, 6) is -0.496. The number of hydrogen-bond donors (Lipinski definition) is 0. The fourth-order valence-corrected chi connectivity index (χ4v) is 2.58. The number of carbonyl (C=O) groups excluding carboxylic acids is 2. The molecule has 0 aromatic heterocycles. The van der Waals surface area contributed by atoms with E-state index < -0.39 is 5.60 Å². The zero-order valence-electron chi connectivity index (χ0n) is 14.2. The fourth-order valence-electron chi connectivity index (χ4n) is 2.58. The van der Waals surface area contributed by atoms with E-state index in [0.717, 1.165) is 5.56 Å². The molecule has 0 aliphatic carbocycles. The van der Waals surface area contributed by atoms with E-state index in [-0.39, 0.29) is 30.5 Å². The van der Waals surface area contributed by atoms with Crippen LogP contribution >= 0.6 is 0 Å². The summed E-state index contributed by atoms with van der Waals surface area (Å²) in [6.45, 7) is 8.57. The van der Waals surface area contributed by atoms with E-state index >= 15 is 0 Å². The molecule has 1 aromatic carbocycles. The smallest absolute Gasteiger partial charge is 0.410 e. The molecule has 1 amide bonds. The summed E-state index contributed by atoms with van der Waals surface area (Å²) in [6.07, 6.45) is -0.372. The predicted molar refractivity (Wildman–Crippen MR) is 86.7 cm³/mol. The Balaban J connectivity index is 1.88. The van der Waals surface area contributed by atoms with E-state index in [1.807, 2.05) is 58.0 Å². The molecule has 1 aliphatic rings. The molecule has 0 unspecified atom stereocenters. The van der Waals surface area contributed by atoms with Gasteiger partial charge in [-0.25, -0.2) is 4.79 Å². The van der Waals surface area contributed by atoms with Gasteiger partial charge < -0.3 is 14.4 Å². The van der Waals surface area contributed by atoms with Gasteiger partial charge in [0.05, 0.1) is 5.92 Å². The van der Waals surface area contributed by atoms with Crippen LogP contribution in [0.5, 0.6) is 0 Å². The third-order valence-corrected chi connectivity index (χ3v) is 3.79. The van der Waals surface area contributed by atoms with Crippen LogP contribution in [0, 0.1) is 11.8 Å². The molecule has 0 saturated carbocycles. The Kier molecular flexibility index (Phi) is 5.29. The van der Waals surface area contributed by atoms with Crippen molar-refractivity contribution < 1.29 is 19.1 Å². The molecule has 0 radical (unpaired) electrons. The van der Waals surface area contributed by atoms with Crippen LogP contribution in [0.1, 0.15) is 33.3 Å². The van der Waals surface area contributed by atoms with Gasteiger partial charge >= 0.3 is 12.1 Å². The standard InChI is InChI=1S/C18H25NO4/c1-13-10-19(17(21)23-18(2,3)4)11-15(13)16(20)22-12-14-8-6-5-7-9-14/h5-9,13,15H,10-12H2,1-4H3/t13-,15-/m0/s1. The van der Waals surface area contributed by atoms with Crippen LogP contribution in [0.3, 0.4) is 0 Å². The van der Waals surface area contributed by atoms with E-state index in [1.165, 1.54) is 0 Å². The van der Waals surface area contributed by atoms with Gasteiger partial charge in [-0.3, -0.25) is 4.79 Å².